The SMILES string of the molecule is C=CC(=O)Oc1ccc(C2=c3ccc([nH]3)=C(c3ccc(C)cc3)c3ccc([nH]3)C(c3ccc(C)cc3)=c3ccc([nH]3)=C(c3ccc(C)cc3)c3ccc2[nH]3)cc1. The summed E-state index contributed by atoms with van der Waals surface area (Å²) in [6.07, 6.45) is 1.16. The van der Waals surface area contributed by atoms with Crippen LogP contribution in [0.2, 0.25) is 0 Å². The summed E-state index contributed by atoms with van der Waals surface area (Å²) >= 11 is 0. The van der Waals surface area contributed by atoms with Crippen LogP contribution in [-0.2, 0) is 4.79 Å². The first kappa shape index (κ1) is 34.5. The van der Waals surface area contributed by atoms with E-state index in [2.05, 4.69) is 169 Å². The lowest BCUT2D eigenvalue weighted by atomic mass is 10.0. The van der Waals surface area contributed by atoms with Gasteiger partial charge < -0.3 is 24.7 Å². The number of esters is 1. The number of aryl methyl sites for hydroxylation is 3. The monoisotopic (exact) mass is 728 g/mol. The summed E-state index contributed by atoms with van der Waals surface area (Å²) in [6, 6.07) is 50.9. The summed E-state index contributed by atoms with van der Waals surface area (Å²) in [4.78, 5) is 27.4. The highest BCUT2D eigenvalue weighted by Gasteiger charge is 2.18. The average molecular weight is 729 g/mol. The molecule has 0 radical (unpaired) electrons. The maximum atomic E-state index is 12.0. The van der Waals surface area contributed by atoms with Gasteiger partial charge in [0.2, 0.25) is 0 Å². The number of benzene rings is 4. The summed E-state index contributed by atoms with van der Waals surface area (Å²) in [5.41, 5.74) is 15.9. The zero-order chi connectivity index (χ0) is 38.3. The Labute approximate surface area is 324 Å². The van der Waals surface area contributed by atoms with Crippen molar-refractivity contribution in [3.05, 3.63) is 241 Å². The summed E-state index contributed by atoms with van der Waals surface area (Å²) < 4.78 is 5.44. The molecule has 0 aliphatic carbocycles. The number of aromatic amines is 4. The molecule has 8 bridgehead atoms. The molecule has 0 amide bonds. The fraction of sp³-hybridized carbons (Fsp3) is 0.0600. The molecule has 6 nitrogen and oxygen atoms in total. The molecule has 4 aromatic carbocycles. The maximum absolute atomic E-state index is 12.0. The predicted molar refractivity (Wildman–Crippen MR) is 224 cm³/mol. The third kappa shape index (κ3) is 6.48. The normalized spacial score (nSPS) is 12.6. The van der Waals surface area contributed by atoms with Crippen molar-refractivity contribution >= 4 is 28.3 Å². The zero-order valence-electron chi connectivity index (χ0n) is 31.5. The minimum atomic E-state index is -0.500. The van der Waals surface area contributed by atoms with E-state index in [0.29, 0.717) is 5.75 Å². The Morgan fingerprint density at radius 2 is 0.696 bits per heavy atom. The lowest BCUT2D eigenvalue weighted by Crippen LogP contribution is -2.19. The van der Waals surface area contributed by atoms with Gasteiger partial charge in [0.15, 0.2) is 0 Å². The van der Waals surface area contributed by atoms with Crippen molar-refractivity contribution in [3.63, 3.8) is 0 Å². The largest absolute Gasteiger partial charge is 0.423 e. The highest BCUT2D eigenvalue weighted by molar-refractivity contribution is 5.86. The lowest BCUT2D eigenvalue weighted by Gasteiger charge is -2.10. The van der Waals surface area contributed by atoms with E-state index in [1.807, 2.05) is 24.3 Å². The Hall–Kier alpha value is -7.31. The van der Waals surface area contributed by atoms with Gasteiger partial charge in [0.1, 0.15) is 5.75 Å². The zero-order valence-corrected chi connectivity index (χ0v) is 31.5. The number of rotatable bonds is 6. The van der Waals surface area contributed by atoms with Gasteiger partial charge in [-0.05, 0) is 104 Å². The first-order valence-corrected chi connectivity index (χ1v) is 18.7. The predicted octanol–water partition coefficient (Wildman–Crippen LogP) is 7.32. The van der Waals surface area contributed by atoms with Crippen molar-refractivity contribution in [2.45, 2.75) is 20.8 Å². The van der Waals surface area contributed by atoms with E-state index in [1.54, 1.807) is 0 Å². The molecule has 1 aliphatic rings. The lowest BCUT2D eigenvalue weighted by molar-refractivity contribution is -0.128. The number of nitrogens with one attached hydrogen (secondary N) is 4. The molecule has 0 saturated carbocycles. The first-order chi connectivity index (χ1) is 27.3. The van der Waals surface area contributed by atoms with E-state index in [-0.39, 0.29) is 0 Å². The third-order valence-electron chi connectivity index (χ3n) is 10.4. The van der Waals surface area contributed by atoms with E-state index >= 15 is 0 Å². The van der Waals surface area contributed by atoms with Crippen LogP contribution in [0.5, 0.6) is 5.75 Å². The van der Waals surface area contributed by atoms with Crippen LogP contribution < -0.4 is 26.1 Å². The topological polar surface area (TPSA) is 89.5 Å². The number of H-pyrrole nitrogens is 4. The Morgan fingerprint density at radius 3 is 0.982 bits per heavy atom. The van der Waals surface area contributed by atoms with E-state index in [9.17, 15) is 4.79 Å². The second-order valence-corrected chi connectivity index (χ2v) is 14.4. The summed E-state index contributed by atoms with van der Waals surface area (Å²) in [6.45, 7) is 9.87. The van der Waals surface area contributed by atoms with Crippen LogP contribution in [0.15, 0.2) is 158 Å². The van der Waals surface area contributed by atoms with Crippen LogP contribution in [0, 0.1) is 20.8 Å². The van der Waals surface area contributed by atoms with Gasteiger partial charge in [-0.25, -0.2) is 4.79 Å². The average Bonchev–Trinajstić information content (AvgIpc) is 4.05. The molecule has 0 unspecified atom stereocenters. The molecule has 5 heterocycles. The highest BCUT2D eigenvalue weighted by Crippen LogP contribution is 2.29. The Balaban J connectivity index is 1.39. The second-order valence-electron chi connectivity index (χ2n) is 14.4. The summed E-state index contributed by atoms with van der Waals surface area (Å²) in [5.74, 6) is -0.0521. The van der Waals surface area contributed by atoms with E-state index in [1.165, 1.54) is 16.7 Å². The van der Waals surface area contributed by atoms with Crippen molar-refractivity contribution in [2.24, 2.45) is 0 Å². The molecule has 8 aromatic rings. The van der Waals surface area contributed by atoms with Crippen molar-refractivity contribution in [3.8, 4) is 5.75 Å². The Kier molecular flexibility index (Phi) is 8.71. The van der Waals surface area contributed by atoms with Crippen molar-refractivity contribution in [2.75, 3.05) is 0 Å². The molecule has 0 atom stereocenters. The standard InChI is InChI=1S/C50H40N4O2/c1-5-46(55)56-37-20-18-36(19-21-37)50-44-28-26-42(53-44)48(34-14-8-31(3)9-15-34)40-24-22-38(51-40)47(33-12-6-30(2)7-13-33)39-23-25-41(52-39)49(43-27-29-45(50)54-43)35-16-10-32(4)11-17-35/h5-29,51-54H,1H2,2-4H3. The smallest absolute Gasteiger partial charge is 0.335 e. The minimum absolute atomic E-state index is 0.448. The fourth-order valence-corrected chi connectivity index (χ4v) is 7.58. The number of aromatic nitrogens is 4. The molecule has 4 aromatic heterocycles. The molecule has 272 valence electrons. The molecule has 0 spiro atoms. The van der Waals surface area contributed by atoms with Gasteiger partial charge in [-0.2, -0.15) is 0 Å². The fourth-order valence-electron chi connectivity index (χ4n) is 7.58. The maximum Gasteiger partial charge on any atom is 0.335 e. The first-order valence-electron chi connectivity index (χ1n) is 18.7. The van der Waals surface area contributed by atoms with Gasteiger partial charge in [0, 0.05) is 72.5 Å². The molecule has 6 heteroatoms. The molecular weight excluding hydrogens is 689 g/mol. The number of carbonyl (C=O) groups is 1. The number of fused-ring (bicyclic) bond motifs is 8. The van der Waals surface area contributed by atoms with Crippen LogP contribution >= 0.6 is 0 Å². The summed E-state index contributed by atoms with van der Waals surface area (Å²) in [7, 11) is 0. The number of hydrogen-bond donors (Lipinski definition) is 4. The Morgan fingerprint density at radius 1 is 0.411 bits per heavy atom. The van der Waals surface area contributed by atoms with Crippen molar-refractivity contribution in [1.82, 2.24) is 19.9 Å². The van der Waals surface area contributed by atoms with Crippen LogP contribution in [0.1, 0.15) is 61.7 Å². The molecule has 56 heavy (non-hydrogen) atoms. The quantitative estimate of drug-likeness (QED) is 0.0822. The van der Waals surface area contributed by atoms with Crippen molar-refractivity contribution < 1.29 is 9.53 Å². The number of carbonyl (C=O) groups excluding carboxylic acids is 1. The van der Waals surface area contributed by atoms with E-state index in [4.69, 9.17) is 4.74 Å². The van der Waals surface area contributed by atoms with Gasteiger partial charge in [-0.3, -0.25) is 0 Å². The van der Waals surface area contributed by atoms with Crippen LogP contribution in [0.4, 0.5) is 0 Å². The van der Waals surface area contributed by atoms with Crippen LogP contribution in [-0.4, -0.2) is 25.9 Å². The van der Waals surface area contributed by atoms with Gasteiger partial charge in [-0.1, -0.05) is 108 Å². The van der Waals surface area contributed by atoms with E-state index in [0.717, 1.165) is 94.8 Å². The van der Waals surface area contributed by atoms with Crippen LogP contribution in [0.25, 0.3) is 22.3 Å². The van der Waals surface area contributed by atoms with Gasteiger partial charge in [0.25, 0.3) is 0 Å². The number of ether oxygens (including phenoxy) is 1. The van der Waals surface area contributed by atoms with Gasteiger partial charge in [0.05, 0.1) is 0 Å². The third-order valence-corrected chi connectivity index (χ3v) is 10.4. The highest BCUT2D eigenvalue weighted by atomic mass is 16.5. The minimum Gasteiger partial charge on any atom is -0.423 e. The Bertz CT molecular complexity index is 3020. The number of hydrogen-bond acceptors (Lipinski definition) is 2. The second kappa shape index (κ2) is 14.2. The molecular formula is C50H40N4O2. The summed E-state index contributed by atoms with van der Waals surface area (Å²) in [5, 5.41) is 3.89. The molecule has 9 rings (SSSR count). The van der Waals surface area contributed by atoms with Gasteiger partial charge in [-0.15, -0.1) is 0 Å². The molecule has 4 N–H and O–H groups in total. The van der Waals surface area contributed by atoms with E-state index < -0.39 is 5.97 Å². The molecule has 1 aliphatic heterocycles. The molecule has 0 fully saturated rings. The van der Waals surface area contributed by atoms with Crippen molar-refractivity contribution in [1.29, 1.82) is 0 Å². The van der Waals surface area contributed by atoms with Gasteiger partial charge >= 0.3 is 5.97 Å². The van der Waals surface area contributed by atoms with Crippen LogP contribution in [0.3, 0.4) is 0 Å². The molecule has 0 saturated heterocycles.